The molecule has 2 aromatic rings. The van der Waals surface area contributed by atoms with E-state index < -0.39 is 6.10 Å². The second kappa shape index (κ2) is 9.50. The van der Waals surface area contributed by atoms with Crippen LogP contribution in [0.2, 0.25) is 4.34 Å². The lowest BCUT2D eigenvalue weighted by atomic mass is 10.2. The summed E-state index contributed by atoms with van der Waals surface area (Å²) in [7, 11) is 3.18. The SMILES string of the molecule is CCNC(=NCC(O)c1ccc(Cl)s1)Nc1ccc(OC)c(OC)c1. The molecule has 1 aromatic carbocycles. The lowest BCUT2D eigenvalue weighted by Crippen LogP contribution is -2.31. The Labute approximate surface area is 156 Å². The van der Waals surface area contributed by atoms with Gasteiger partial charge in [-0.25, -0.2) is 4.99 Å². The molecule has 1 heterocycles. The van der Waals surface area contributed by atoms with Crippen LogP contribution in [0.3, 0.4) is 0 Å². The largest absolute Gasteiger partial charge is 0.493 e. The summed E-state index contributed by atoms with van der Waals surface area (Å²) in [6.07, 6.45) is -0.696. The van der Waals surface area contributed by atoms with Gasteiger partial charge in [-0.2, -0.15) is 0 Å². The predicted octanol–water partition coefficient (Wildman–Crippen LogP) is 3.53. The van der Waals surface area contributed by atoms with Crippen molar-refractivity contribution < 1.29 is 14.6 Å². The Bertz CT molecular complexity index is 721. The molecule has 0 spiro atoms. The molecule has 136 valence electrons. The van der Waals surface area contributed by atoms with Crippen LogP contribution in [0, 0.1) is 0 Å². The van der Waals surface area contributed by atoms with Crippen LogP contribution in [0.4, 0.5) is 5.69 Å². The topological polar surface area (TPSA) is 75.1 Å². The number of nitrogens with zero attached hydrogens (tertiary/aromatic N) is 1. The van der Waals surface area contributed by atoms with Gasteiger partial charge in [-0.1, -0.05) is 11.6 Å². The average molecular weight is 384 g/mol. The summed E-state index contributed by atoms with van der Waals surface area (Å²) in [4.78, 5) is 5.22. The molecule has 0 fully saturated rings. The Morgan fingerprint density at radius 2 is 2.00 bits per heavy atom. The van der Waals surface area contributed by atoms with Gasteiger partial charge in [-0.05, 0) is 31.2 Å². The smallest absolute Gasteiger partial charge is 0.195 e. The third-order valence-electron chi connectivity index (χ3n) is 3.34. The monoisotopic (exact) mass is 383 g/mol. The Kier molecular flexibility index (Phi) is 7.36. The van der Waals surface area contributed by atoms with E-state index in [9.17, 15) is 5.11 Å². The minimum Gasteiger partial charge on any atom is -0.493 e. The first-order valence-corrected chi connectivity index (χ1v) is 8.97. The molecule has 0 saturated heterocycles. The van der Waals surface area contributed by atoms with Crippen molar-refractivity contribution in [2.75, 3.05) is 32.6 Å². The Balaban J connectivity index is 2.09. The second-order valence-corrected chi connectivity index (χ2v) is 6.82. The number of nitrogens with one attached hydrogen (secondary N) is 2. The number of aliphatic hydroxyl groups excluding tert-OH is 1. The maximum Gasteiger partial charge on any atom is 0.195 e. The van der Waals surface area contributed by atoms with Gasteiger partial charge >= 0.3 is 0 Å². The molecule has 0 saturated carbocycles. The van der Waals surface area contributed by atoms with Crippen molar-refractivity contribution in [1.29, 1.82) is 0 Å². The molecule has 1 aromatic heterocycles. The maximum atomic E-state index is 10.2. The molecule has 25 heavy (non-hydrogen) atoms. The quantitative estimate of drug-likeness (QED) is 0.503. The molecule has 0 aliphatic carbocycles. The van der Waals surface area contributed by atoms with E-state index >= 15 is 0 Å². The summed E-state index contributed by atoms with van der Waals surface area (Å²) in [5, 5.41) is 16.5. The van der Waals surface area contributed by atoms with E-state index in [4.69, 9.17) is 21.1 Å². The Morgan fingerprint density at radius 1 is 1.24 bits per heavy atom. The van der Waals surface area contributed by atoms with Crippen LogP contribution < -0.4 is 20.1 Å². The van der Waals surface area contributed by atoms with Crippen molar-refractivity contribution in [2.45, 2.75) is 13.0 Å². The highest BCUT2D eigenvalue weighted by Gasteiger charge is 2.11. The van der Waals surface area contributed by atoms with Gasteiger partial charge in [0.05, 0.1) is 25.1 Å². The highest BCUT2D eigenvalue weighted by atomic mass is 35.5. The van der Waals surface area contributed by atoms with E-state index in [1.54, 1.807) is 20.3 Å². The molecule has 0 radical (unpaired) electrons. The number of halogens is 1. The van der Waals surface area contributed by atoms with Gasteiger partial charge in [0.1, 0.15) is 6.10 Å². The third kappa shape index (κ3) is 5.52. The molecule has 0 amide bonds. The number of ether oxygens (including phenoxy) is 2. The van der Waals surface area contributed by atoms with Crippen molar-refractivity contribution in [3.05, 3.63) is 39.5 Å². The number of aliphatic imine (C=N–C) groups is 1. The maximum absolute atomic E-state index is 10.2. The number of benzene rings is 1. The zero-order valence-electron chi connectivity index (χ0n) is 14.4. The van der Waals surface area contributed by atoms with Gasteiger partial charge in [0, 0.05) is 23.2 Å². The minimum absolute atomic E-state index is 0.222. The Morgan fingerprint density at radius 3 is 2.60 bits per heavy atom. The number of hydrogen-bond acceptors (Lipinski definition) is 5. The van der Waals surface area contributed by atoms with Crippen molar-refractivity contribution in [1.82, 2.24) is 5.32 Å². The van der Waals surface area contributed by atoms with Crippen molar-refractivity contribution in [3.63, 3.8) is 0 Å². The van der Waals surface area contributed by atoms with Crippen LogP contribution in [0.15, 0.2) is 35.3 Å². The number of methoxy groups -OCH3 is 2. The van der Waals surface area contributed by atoms with E-state index in [1.165, 1.54) is 11.3 Å². The summed E-state index contributed by atoms with van der Waals surface area (Å²) in [6, 6.07) is 9.07. The summed E-state index contributed by atoms with van der Waals surface area (Å²) < 4.78 is 11.2. The number of rotatable bonds is 7. The molecule has 0 bridgehead atoms. The van der Waals surface area contributed by atoms with Crippen LogP contribution in [0.25, 0.3) is 0 Å². The number of anilines is 1. The average Bonchev–Trinajstić information content (AvgIpc) is 3.06. The molecule has 6 nitrogen and oxygen atoms in total. The van der Waals surface area contributed by atoms with E-state index in [0.717, 1.165) is 10.6 Å². The first-order valence-electron chi connectivity index (χ1n) is 7.78. The summed E-state index contributed by atoms with van der Waals surface area (Å²) in [5.74, 6) is 1.84. The van der Waals surface area contributed by atoms with Crippen molar-refractivity contribution >= 4 is 34.6 Å². The lowest BCUT2D eigenvalue weighted by molar-refractivity contribution is 0.191. The van der Waals surface area contributed by atoms with Crippen LogP contribution in [-0.2, 0) is 0 Å². The fourth-order valence-corrected chi connectivity index (χ4v) is 3.17. The summed E-state index contributed by atoms with van der Waals surface area (Å²) in [5.41, 5.74) is 0.797. The number of hydrogen-bond donors (Lipinski definition) is 3. The second-order valence-electron chi connectivity index (χ2n) is 5.07. The number of thiophene rings is 1. The van der Waals surface area contributed by atoms with Gasteiger partial charge in [-0.3, -0.25) is 0 Å². The summed E-state index contributed by atoms with van der Waals surface area (Å²) in [6.45, 7) is 2.89. The van der Waals surface area contributed by atoms with Crippen LogP contribution >= 0.6 is 22.9 Å². The standard InChI is InChI=1S/C17H22ClN3O3S/c1-4-19-17(20-10-12(22)15-7-8-16(18)25-15)21-11-5-6-13(23-2)14(9-11)24-3/h5-9,12,22H,4,10H2,1-3H3,(H2,19,20,21). The first kappa shape index (κ1) is 19.4. The molecular weight excluding hydrogens is 362 g/mol. The fourth-order valence-electron chi connectivity index (χ4n) is 2.13. The van der Waals surface area contributed by atoms with Crippen LogP contribution in [-0.4, -0.2) is 38.4 Å². The molecular formula is C17H22ClN3O3S. The Hall–Kier alpha value is -1.96. The molecule has 3 N–H and O–H groups in total. The van der Waals surface area contributed by atoms with E-state index in [1.807, 2.05) is 31.2 Å². The highest BCUT2D eigenvalue weighted by Crippen LogP contribution is 2.30. The van der Waals surface area contributed by atoms with Crippen LogP contribution in [0.1, 0.15) is 17.9 Å². The number of aliphatic hydroxyl groups is 1. The van der Waals surface area contributed by atoms with E-state index in [-0.39, 0.29) is 6.54 Å². The molecule has 0 aliphatic heterocycles. The van der Waals surface area contributed by atoms with E-state index in [0.29, 0.717) is 28.3 Å². The zero-order valence-corrected chi connectivity index (χ0v) is 15.9. The van der Waals surface area contributed by atoms with Gasteiger partial charge in [-0.15, -0.1) is 11.3 Å². The minimum atomic E-state index is -0.696. The predicted molar refractivity (Wildman–Crippen MR) is 103 cm³/mol. The highest BCUT2D eigenvalue weighted by molar-refractivity contribution is 7.16. The number of guanidine groups is 1. The lowest BCUT2D eigenvalue weighted by Gasteiger charge is -2.14. The van der Waals surface area contributed by atoms with Gasteiger partial charge in [0.2, 0.25) is 0 Å². The zero-order chi connectivity index (χ0) is 18.2. The first-order chi connectivity index (χ1) is 12.1. The van der Waals surface area contributed by atoms with Gasteiger partial charge in [0.25, 0.3) is 0 Å². The molecule has 1 atom stereocenters. The molecule has 2 rings (SSSR count). The molecule has 0 aliphatic rings. The third-order valence-corrected chi connectivity index (χ3v) is 4.67. The normalized spacial score (nSPS) is 12.6. The molecule has 8 heteroatoms. The van der Waals surface area contributed by atoms with Crippen molar-refractivity contribution in [2.24, 2.45) is 4.99 Å². The van der Waals surface area contributed by atoms with Gasteiger partial charge in [0.15, 0.2) is 17.5 Å². The molecule has 1 unspecified atom stereocenters. The van der Waals surface area contributed by atoms with Crippen molar-refractivity contribution in [3.8, 4) is 11.5 Å². The fraction of sp³-hybridized carbons (Fsp3) is 0.353. The van der Waals surface area contributed by atoms with E-state index in [2.05, 4.69) is 15.6 Å². The van der Waals surface area contributed by atoms with Crippen LogP contribution in [0.5, 0.6) is 11.5 Å². The summed E-state index contributed by atoms with van der Waals surface area (Å²) >= 11 is 7.25. The van der Waals surface area contributed by atoms with Gasteiger partial charge < -0.3 is 25.2 Å².